The van der Waals surface area contributed by atoms with Crippen LogP contribution < -0.4 is 10.1 Å². The monoisotopic (exact) mass is 474 g/mol. The van der Waals surface area contributed by atoms with Gasteiger partial charge in [-0.2, -0.15) is 0 Å². The van der Waals surface area contributed by atoms with E-state index in [1.165, 1.54) is 5.56 Å². The zero-order chi connectivity index (χ0) is 18.1. The zero-order valence-electron chi connectivity index (χ0n) is 16.0. The van der Waals surface area contributed by atoms with E-state index in [2.05, 4.69) is 23.2 Å². The Morgan fingerprint density at radius 1 is 1.15 bits per heavy atom. The third-order valence-electron chi connectivity index (χ3n) is 4.27. The zero-order valence-corrected chi connectivity index (χ0v) is 18.4. The van der Waals surface area contributed by atoms with Gasteiger partial charge in [0.2, 0.25) is 5.91 Å². The number of hydrogen-bond acceptors (Lipinski definition) is 3. The summed E-state index contributed by atoms with van der Waals surface area (Å²) in [6.45, 7) is 11.1. The summed E-state index contributed by atoms with van der Waals surface area (Å²) in [4.78, 5) is 20.4. The molecule has 7 heteroatoms. The minimum Gasteiger partial charge on any atom is -0.494 e. The molecule has 0 aliphatic carbocycles. The molecule has 2 rings (SSSR count). The Morgan fingerprint density at radius 2 is 1.81 bits per heavy atom. The van der Waals surface area contributed by atoms with Crippen molar-refractivity contribution >= 4 is 35.8 Å². The maximum Gasteiger partial charge on any atom is 0.219 e. The van der Waals surface area contributed by atoms with Crippen molar-refractivity contribution in [2.24, 2.45) is 4.99 Å². The van der Waals surface area contributed by atoms with Crippen molar-refractivity contribution in [2.45, 2.75) is 27.2 Å². The Kier molecular flexibility index (Phi) is 10.4. The molecule has 1 fully saturated rings. The average Bonchev–Trinajstić information content (AvgIpc) is 2.63. The van der Waals surface area contributed by atoms with Gasteiger partial charge in [0.15, 0.2) is 5.96 Å². The Morgan fingerprint density at radius 3 is 2.42 bits per heavy atom. The second kappa shape index (κ2) is 12.0. The number of hydrogen-bond donors (Lipinski definition) is 1. The number of aliphatic imine (C=N–C) groups is 1. The first kappa shape index (κ1) is 22.5. The summed E-state index contributed by atoms with van der Waals surface area (Å²) in [5, 5.41) is 3.36. The van der Waals surface area contributed by atoms with Crippen LogP contribution >= 0.6 is 24.0 Å². The maximum atomic E-state index is 11.5. The van der Waals surface area contributed by atoms with E-state index in [9.17, 15) is 4.79 Å². The molecule has 6 nitrogen and oxygen atoms in total. The number of halogens is 1. The largest absolute Gasteiger partial charge is 0.494 e. The second-order valence-electron chi connectivity index (χ2n) is 6.02. The fourth-order valence-corrected chi connectivity index (χ4v) is 2.95. The van der Waals surface area contributed by atoms with Gasteiger partial charge in [-0.3, -0.25) is 9.79 Å². The van der Waals surface area contributed by atoms with Crippen molar-refractivity contribution in [2.75, 3.05) is 45.9 Å². The van der Waals surface area contributed by atoms with Crippen LogP contribution in [0.1, 0.15) is 26.3 Å². The van der Waals surface area contributed by atoms with Gasteiger partial charge in [-0.1, -0.05) is 18.2 Å². The quantitative estimate of drug-likeness (QED) is 0.391. The molecule has 0 atom stereocenters. The Labute approximate surface area is 174 Å². The second-order valence-corrected chi connectivity index (χ2v) is 6.02. The molecule has 1 aromatic rings. The van der Waals surface area contributed by atoms with Crippen molar-refractivity contribution < 1.29 is 9.53 Å². The normalized spacial score (nSPS) is 14.7. The number of piperazine rings is 1. The molecule has 0 radical (unpaired) electrons. The molecule has 146 valence electrons. The lowest BCUT2D eigenvalue weighted by Gasteiger charge is -2.36. The first-order chi connectivity index (χ1) is 12.2. The van der Waals surface area contributed by atoms with E-state index in [1.807, 2.05) is 30.0 Å². The van der Waals surface area contributed by atoms with E-state index in [4.69, 9.17) is 9.73 Å². The van der Waals surface area contributed by atoms with Crippen LogP contribution in [0.5, 0.6) is 5.75 Å². The molecule has 0 spiro atoms. The standard InChI is InChI=1S/C19H30N4O2.HI/c1-4-20-19(23-14-12-22(13-15-23)16(3)24)21-11-10-17-8-6-7-9-18(17)25-5-2;/h6-9H,4-5,10-15H2,1-3H3,(H,20,21);1H. The number of carbonyl (C=O) groups excluding carboxylic acids is 1. The van der Waals surface area contributed by atoms with E-state index in [1.54, 1.807) is 6.92 Å². The highest BCUT2D eigenvalue weighted by atomic mass is 127. The summed E-state index contributed by atoms with van der Waals surface area (Å²) >= 11 is 0. The molecule has 1 saturated heterocycles. The number of ether oxygens (including phenoxy) is 1. The van der Waals surface area contributed by atoms with Crippen molar-refractivity contribution in [3.63, 3.8) is 0 Å². The minimum absolute atomic E-state index is 0. The van der Waals surface area contributed by atoms with Crippen LogP contribution in [0.25, 0.3) is 0 Å². The molecule has 1 N–H and O–H groups in total. The van der Waals surface area contributed by atoms with Crippen molar-refractivity contribution in [3.05, 3.63) is 29.8 Å². The van der Waals surface area contributed by atoms with Gasteiger partial charge in [0.05, 0.1) is 6.61 Å². The van der Waals surface area contributed by atoms with Gasteiger partial charge < -0.3 is 19.9 Å². The maximum absolute atomic E-state index is 11.5. The number of guanidine groups is 1. The van der Waals surface area contributed by atoms with Gasteiger partial charge in [0.25, 0.3) is 0 Å². The molecule has 1 aliphatic rings. The Bertz CT molecular complexity index is 587. The fourth-order valence-electron chi connectivity index (χ4n) is 2.95. The molecule has 0 bridgehead atoms. The molecule has 0 aromatic heterocycles. The van der Waals surface area contributed by atoms with Crippen LogP contribution in [0.3, 0.4) is 0 Å². The fraction of sp³-hybridized carbons (Fsp3) is 0.579. The van der Waals surface area contributed by atoms with Gasteiger partial charge in [-0.15, -0.1) is 24.0 Å². The van der Waals surface area contributed by atoms with Crippen molar-refractivity contribution in [1.82, 2.24) is 15.1 Å². The summed E-state index contributed by atoms with van der Waals surface area (Å²) in [5.74, 6) is 2.02. The highest BCUT2D eigenvalue weighted by Gasteiger charge is 2.20. The molecule has 26 heavy (non-hydrogen) atoms. The highest BCUT2D eigenvalue weighted by Crippen LogP contribution is 2.18. The van der Waals surface area contributed by atoms with Gasteiger partial charge in [-0.05, 0) is 31.9 Å². The molecule has 0 unspecified atom stereocenters. The number of nitrogens with one attached hydrogen (secondary N) is 1. The van der Waals surface area contributed by atoms with Crippen molar-refractivity contribution in [3.8, 4) is 5.75 Å². The number of carbonyl (C=O) groups is 1. The van der Waals surface area contributed by atoms with E-state index < -0.39 is 0 Å². The minimum atomic E-state index is 0. The molecular formula is C19H31IN4O2. The van der Waals surface area contributed by atoms with Gasteiger partial charge in [0, 0.05) is 46.2 Å². The lowest BCUT2D eigenvalue weighted by Crippen LogP contribution is -2.53. The van der Waals surface area contributed by atoms with Crippen LogP contribution in [-0.2, 0) is 11.2 Å². The molecule has 1 aromatic carbocycles. The van der Waals surface area contributed by atoms with Crippen LogP contribution in [0, 0.1) is 0 Å². The average molecular weight is 474 g/mol. The highest BCUT2D eigenvalue weighted by molar-refractivity contribution is 14.0. The molecule has 0 saturated carbocycles. The molecule has 1 aliphatic heterocycles. The number of amides is 1. The van der Waals surface area contributed by atoms with Crippen LogP contribution in [-0.4, -0.2) is 67.5 Å². The lowest BCUT2D eigenvalue weighted by molar-refractivity contribution is -0.130. The number of benzene rings is 1. The van der Waals surface area contributed by atoms with E-state index in [0.29, 0.717) is 13.2 Å². The third-order valence-corrected chi connectivity index (χ3v) is 4.27. The molecule has 1 amide bonds. The van der Waals surface area contributed by atoms with Gasteiger partial charge in [0.1, 0.15) is 5.75 Å². The van der Waals surface area contributed by atoms with Crippen LogP contribution in [0.4, 0.5) is 0 Å². The Hall–Kier alpha value is -1.51. The Balaban J connectivity index is 0.00000338. The molecular weight excluding hydrogens is 443 g/mol. The van der Waals surface area contributed by atoms with Gasteiger partial charge >= 0.3 is 0 Å². The third kappa shape index (κ3) is 6.66. The predicted molar refractivity (Wildman–Crippen MR) is 117 cm³/mol. The lowest BCUT2D eigenvalue weighted by atomic mass is 10.1. The first-order valence-corrected chi connectivity index (χ1v) is 9.15. The smallest absolute Gasteiger partial charge is 0.219 e. The number of nitrogens with zero attached hydrogens (tertiary/aromatic N) is 3. The SMILES string of the molecule is CCNC(=NCCc1ccccc1OCC)N1CCN(C(C)=O)CC1.I. The predicted octanol–water partition coefficient (Wildman–Crippen LogP) is 2.38. The van der Waals surface area contributed by atoms with E-state index in [-0.39, 0.29) is 29.9 Å². The van der Waals surface area contributed by atoms with Gasteiger partial charge in [-0.25, -0.2) is 0 Å². The topological polar surface area (TPSA) is 57.2 Å². The number of para-hydroxylation sites is 1. The summed E-state index contributed by atoms with van der Waals surface area (Å²) in [6, 6.07) is 8.14. The first-order valence-electron chi connectivity index (χ1n) is 9.15. The summed E-state index contributed by atoms with van der Waals surface area (Å²) in [6.07, 6.45) is 0.846. The molecule has 1 heterocycles. The van der Waals surface area contributed by atoms with E-state index in [0.717, 1.165) is 50.9 Å². The van der Waals surface area contributed by atoms with Crippen molar-refractivity contribution in [1.29, 1.82) is 0 Å². The van der Waals surface area contributed by atoms with Crippen LogP contribution in [0.15, 0.2) is 29.3 Å². The van der Waals surface area contributed by atoms with Crippen LogP contribution in [0.2, 0.25) is 0 Å². The summed E-state index contributed by atoms with van der Waals surface area (Å²) < 4.78 is 5.68. The number of rotatable bonds is 6. The summed E-state index contributed by atoms with van der Waals surface area (Å²) in [5.41, 5.74) is 1.19. The summed E-state index contributed by atoms with van der Waals surface area (Å²) in [7, 11) is 0. The van der Waals surface area contributed by atoms with E-state index >= 15 is 0 Å².